The van der Waals surface area contributed by atoms with Crippen LogP contribution in [0.1, 0.15) is 24.2 Å². The monoisotopic (exact) mass is 280 g/mol. The highest BCUT2D eigenvalue weighted by Crippen LogP contribution is 2.43. The first-order valence-electron chi connectivity index (χ1n) is 6.45. The van der Waals surface area contributed by atoms with E-state index in [2.05, 4.69) is 0 Å². The van der Waals surface area contributed by atoms with Gasteiger partial charge in [-0.2, -0.15) is 0 Å². The van der Waals surface area contributed by atoms with Crippen LogP contribution >= 0.6 is 0 Å². The molecule has 0 amide bonds. The van der Waals surface area contributed by atoms with Gasteiger partial charge in [-0.3, -0.25) is 0 Å². The number of ether oxygens (including phenoxy) is 4. The minimum Gasteiger partial charge on any atom is -0.504 e. The number of fused-ring (bicyclic) bond motifs is 1. The molecule has 3 rings (SSSR count). The van der Waals surface area contributed by atoms with E-state index in [0.29, 0.717) is 31.5 Å². The first kappa shape index (κ1) is 13.1. The lowest BCUT2D eigenvalue weighted by Gasteiger charge is -2.33. The Labute approximate surface area is 116 Å². The van der Waals surface area contributed by atoms with Crippen LogP contribution in [0.5, 0.6) is 17.2 Å². The Morgan fingerprint density at radius 1 is 1.35 bits per heavy atom. The highest BCUT2D eigenvalue weighted by Gasteiger charge is 2.38. The summed E-state index contributed by atoms with van der Waals surface area (Å²) in [5.74, 6) is -0.992. The maximum absolute atomic E-state index is 12.1. The van der Waals surface area contributed by atoms with Gasteiger partial charge in [-0.05, 0) is 12.1 Å². The number of carbonyl (C=O) groups excluding carboxylic acids is 1. The molecule has 0 aliphatic carbocycles. The van der Waals surface area contributed by atoms with E-state index in [1.165, 1.54) is 12.1 Å². The molecule has 2 heterocycles. The summed E-state index contributed by atoms with van der Waals surface area (Å²) < 4.78 is 21.4. The SMILES string of the molecule is CC1(C)OC(=O)c2c(OCC3COC3)ccc(O)c2O1. The van der Waals surface area contributed by atoms with Crippen molar-refractivity contribution in [2.24, 2.45) is 5.92 Å². The van der Waals surface area contributed by atoms with E-state index in [-0.39, 0.29) is 17.1 Å². The predicted molar refractivity (Wildman–Crippen MR) is 68.0 cm³/mol. The van der Waals surface area contributed by atoms with Crippen molar-refractivity contribution in [2.75, 3.05) is 19.8 Å². The third kappa shape index (κ3) is 2.27. The first-order valence-corrected chi connectivity index (χ1v) is 6.45. The van der Waals surface area contributed by atoms with Crippen LogP contribution < -0.4 is 9.47 Å². The zero-order chi connectivity index (χ0) is 14.3. The molecule has 6 heteroatoms. The summed E-state index contributed by atoms with van der Waals surface area (Å²) in [6, 6.07) is 2.98. The molecule has 0 radical (unpaired) electrons. The Morgan fingerprint density at radius 2 is 2.10 bits per heavy atom. The molecular weight excluding hydrogens is 264 g/mol. The van der Waals surface area contributed by atoms with Gasteiger partial charge in [0.25, 0.3) is 0 Å². The van der Waals surface area contributed by atoms with E-state index in [0.717, 1.165) is 0 Å². The van der Waals surface area contributed by atoms with Crippen LogP contribution in [0.25, 0.3) is 0 Å². The Bertz CT molecular complexity index is 547. The average molecular weight is 280 g/mol. The fourth-order valence-electron chi connectivity index (χ4n) is 2.10. The summed E-state index contributed by atoms with van der Waals surface area (Å²) in [4.78, 5) is 12.1. The number of hydrogen-bond donors (Lipinski definition) is 1. The summed E-state index contributed by atoms with van der Waals surface area (Å²) in [5.41, 5.74) is 0.129. The maximum atomic E-state index is 12.1. The highest BCUT2D eigenvalue weighted by atomic mass is 16.7. The molecular formula is C14H16O6. The van der Waals surface area contributed by atoms with E-state index in [9.17, 15) is 9.90 Å². The zero-order valence-corrected chi connectivity index (χ0v) is 11.3. The highest BCUT2D eigenvalue weighted by molar-refractivity contribution is 5.97. The van der Waals surface area contributed by atoms with Gasteiger partial charge in [0.1, 0.15) is 11.3 Å². The number of aromatic hydroxyl groups is 1. The van der Waals surface area contributed by atoms with Crippen molar-refractivity contribution in [3.8, 4) is 17.2 Å². The fraction of sp³-hybridized carbons (Fsp3) is 0.500. The van der Waals surface area contributed by atoms with E-state index in [1.54, 1.807) is 13.8 Å². The Hall–Kier alpha value is -1.95. The number of hydrogen-bond acceptors (Lipinski definition) is 6. The second-order valence-corrected chi connectivity index (χ2v) is 5.39. The lowest BCUT2D eigenvalue weighted by atomic mass is 10.1. The molecule has 20 heavy (non-hydrogen) atoms. The van der Waals surface area contributed by atoms with Crippen LogP contribution in [0.3, 0.4) is 0 Å². The number of phenolic OH excluding ortho intramolecular Hbond substituents is 1. The van der Waals surface area contributed by atoms with Crippen LogP contribution in [-0.2, 0) is 9.47 Å². The fourth-order valence-corrected chi connectivity index (χ4v) is 2.10. The van der Waals surface area contributed by atoms with E-state index < -0.39 is 11.8 Å². The van der Waals surface area contributed by atoms with Gasteiger partial charge in [-0.15, -0.1) is 0 Å². The van der Waals surface area contributed by atoms with Gasteiger partial charge in [-0.25, -0.2) is 4.79 Å². The van der Waals surface area contributed by atoms with E-state index >= 15 is 0 Å². The van der Waals surface area contributed by atoms with Gasteiger partial charge in [0.05, 0.1) is 19.8 Å². The molecule has 6 nitrogen and oxygen atoms in total. The van der Waals surface area contributed by atoms with Gasteiger partial charge >= 0.3 is 5.97 Å². The van der Waals surface area contributed by atoms with Crippen molar-refractivity contribution in [1.29, 1.82) is 0 Å². The topological polar surface area (TPSA) is 74.2 Å². The summed E-state index contributed by atoms with van der Waals surface area (Å²) in [6.07, 6.45) is 0. The van der Waals surface area contributed by atoms with Crippen LogP contribution in [0.15, 0.2) is 12.1 Å². The summed E-state index contributed by atoms with van der Waals surface area (Å²) >= 11 is 0. The second kappa shape index (κ2) is 4.56. The standard InChI is InChI=1S/C14H16O6/c1-14(2)19-12-9(15)3-4-10(11(12)13(16)20-14)18-7-8-5-17-6-8/h3-4,8,15H,5-7H2,1-2H3. The predicted octanol–water partition coefficient (Wildman–Crippen LogP) is 1.70. The third-order valence-electron chi connectivity index (χ3n) is 3.17. The number of phenols is 1. The first-order chi connectivity index (χ1) is 9.46. The largest absolute Gasteiger partial charge is 0.504 e. The molecule has 2 aliphatic heterocycles. The van der Waals surface area contributed by atoms with E-state index in [4.69, 9.17) is 18.9 Å². The Kier molecular flexibility index (Phi) is 2.97. The summed E-state index contributed by atoms with van der Waals surface area (Å²) in [5, 5.41) is 9.86. The van der Waals surface area contributed by atoms with Crippen molar-refractivity contribution in [3.63, 3.8) is 0 Å². The van der Waals surface area contributed by atoms with Gasteiger partial charge in [0.2, 0.25) is 5.79 Å². The lowest BCUT2D eigenvalue weighted by Crippen LogP contribution is -2.39. The molecule has 0 spiro atoms. The number of esters is 1. The molecule has 0 unspecified atom stereocenters. The third-order valence-corrected chi connectivity index (χ3v) is 3.17. The molecule has 0 saturated carbocycles. The molecule has 108 valence electrons. The van der Waals surface area contributed by atoms with Gasteiger partial charge < -0.3 is 24.1 Å². The number of cyclic esters (lactones) is 1. The van der Waals surface area contributed by atoms with Crippen molar-refractivity contribution in [1.82, 2.24) is 0 Å². The van der Waals surface area contributed by atoms with Gasteiger partial charge in [0, 0.05) is 19.8 Å². The number of rotatable bonds is 3. The Morgan fingerprint density at radius 3 is 2.75 bits per heavy atom. The van der Waals surface area contributed by atoms with Crippen molar-refractivity contribution in [3.05, 3.63) is 17.7 Å². The molecule has 1 aromatic carbocycles. The molecule has 1 fully saturated rings. The molecule has 0 atom stereocenters. The van der Waals surface area contributed by atoms with Crippen LogP contribution in [0, 0.1) is 5.92 Å². The quantitative estimate of drug-likeness (QED) is 0.849. The molecule has 0 bridgehead atoms. The molecule has 1 N–H and O–H groups in total. The second-order valence-electron chi connectivity index (χ2n) is 5.39. The molecule has 1 saturated heterocycles. The minimum atomic E-state index is -1.11. The minimum absolute atomic E-state index is 0.105. The van der Waals surface area contributed by atoms with Crippen molar-refractivity contribution in [2.45, 2.75) is 19.6 Å². The van der Waals surface area contributed by atoms with Crippen molar-refractivity contribution < 1.29 is 28.8 Å². The molecule has 0 aromatic heterocycles. The van der Waals surface area contributed by atoms with Crippen LogP contribution in [0.2, 0.25) is 0 Å². The lowest BCUT2D eigenvalue weighted by molar-refractivity contribution is -0.128. The van der Waals surface area contributed by atoms with Gasteiger partial charge in [-0.1, -0.05) is 0 Å². The maximum Gasteiger partial charge on any atom is 0.349 e. The van der Waals surface area contributed by atoms with Crippen LogP contribution in [-0.4, -0.2) is 36.7 Å². The normalized spacial score (nSPS) is 20.4. The Balaban J connectivity index is 1.90. The van der Waals surface area contributed by atoms with E-state index in [1.807, 2.05) is 0 Å². The summed E-state index contributed by atoms with van der Waals surface area (Å²) in [7, 11) is 0. The van der Waals surface area contributed by atoms with Crippen molar-refractivity contribution >= 4 is 5.97 Å². The smallest absolute Gasteiger partial charge is 0.349 e. The van der Waals surface area contributed by atoms with Gasteiger partial charge in [0.15, 0.2) is 11.5 Å². The van der Waals surface area contributed by atoms with Crippen LogP contribution in [0.4, 0.5) is 0 Å². The number of benzene rings is 1. The molecule has 1 aromatic rings. The average Bonchev–Trinajstić information content (AvgIpc) is 2.29. The molecule has 2 aliphatic rings. The zero-order valence-electron chi connectivity index (χ0n) is 11.3. The summed E-state index contributed by atoms with van der Waals surface area (Å²) in [6.45, 7) is 4.98. The number of carbonyl (C=O) groups is 1.